The first kappa shape index (κ1) is 24.5. The fourth-order valence-corrected chi connectivity index (χ4v) is 5.74. The molecule has 0 atom stereocenters. The van der Waals surface area contributed by atoms with Crippen LogP contribution in [0, 0.1) is 0 Å². The first-order valence-electron chi connectivity index (χ1n) is 13.1. The van der Waals surface area contributed by atoms with Crippen molar-refractivity contribution in [2.45, 2.75) is 37.8 Å². The molecule has 0 radical (unpaired) electrons. The molecule has 0 aliphatic carbocycles. The highest BCUT2D eigenvalue weighted by Crippen LogP contribution is 2.38. The third-order valence-electron chi connectivity index (χ3n) is 7.74. The van der Waals surface area contributed by atoms with Crippen molar-refractivity contribution in [3.8, 4) is 0 Å². The van der Waals surface area contributed by atoms with Gasteiger partial charge in [-0.05, 0) is 69.4 Å². The Morgan fingerprint density at radius 2 is 1.67 bits per heavy atom. The van der Waals surface area contributed by atoms with Gasteiger partial charge in [0.1, 0.15) is 5.54 Å². The van der Waals surface area contributed by atoms with Gasteiger partial charge in [0.05, 0.1) is 0 Å². The number of rotatable bonds is 9. The van der Waals surface area contributed by atoms with E-state index in [4.69, 9.17) is 0 Å². The van der Waals surface area contributed by atoms with Crippen LogP contribution in [0.25, 0.3) is 10.9 Å². The van der Waals surface area contributed by atoms with Crippen molar-refractivity contribution in [2.75, 3.05) is 46.8 Å². The topological polar surface area (TPSA) is 62.9 Å². The smallest absolute Gasteiger partial charge is 0.327 e. The summed E-state index contributed by atoms with van der Waals surface area (Å²) in [5.74, 6) is 0.00424. The number of aromatic nitrogens is 1. The number of carbonyl (C=O) groups is 2. The van der Waals surface area contributed by atoms with Gasteiger partial charge in [0, 0.05) is 43.9 Å². The number of amides is 3. The fraction of sp³-hybridized carbons (Fsp3) is 0.448. The molecule has 0 bridgehead atoms. The van der Waals surface area contributed by atoms with Crippen LogP contribution in [0.5, 0.6) is 0 Å². The molecule has 2 fully saturated rings. The van der Waals surface area contributed by atoms with Crippen molar-refractivity contribution < 1.29 is 9.59 Å². The third kappa shape index (κ3) is 4.90. The van der Waals surface area contributed by atoms with Crippen LogP contribution in [0.2, 0.25) is 0 Å². The normalized spacial score (nSPS) is 18.3. The van der Waals surface area contributed by atoms with Crippen LogP contribution in [0.1, 0.15) is 30.5 Å². The summed E-state index contributed by atoms with van der Waals surface area (Å²) in [6, 6.07) is 20.7. The predicted octanol–water partition coefficient (Wildman–Crippen LogP) is 3.96. The van der Waals surface area contributed by atoms with Crippen LogP contribution in [-0.2, 0) is 17.8 Å². The minimum Gasteiger partial charge on any atom is -0.357 e. The lowest BCUT2D eigenvalue weighted by molar-refractivity contribution is -0.135. The van der Waals surface area contributed by atoms with E-state index in [1.165, 1.54) is 21.5 Å². The number of urea groups is 1. The molecule has 3 heterocycles. The lowest BCUT2D eigenvalue weighted by Crippen LogP contribution is -2.56. The van der Waals surface area contributed by atoms with Gasteiger partial charge in [-0.3, -0.25) is 14.6 Å². The number of aromatic amines is 1. The average Bonchev–Trinajstić information content (AvgIpc) is 3.37. The van der Waals surface area contributed by atoms with Crippen molar-refractivity contribution in [1.29, 1.82) is 0 Å². The summed E-state index contributed by atoms with van der Waals surface area (Å²) in [7, 11) is 4.04. The van der Waals surface area contributed by atoms with E-state index in [1.54, 1.807) is 0 Å². The summed E-state index contributed by atoms with van der Waals surface area (Å²) >= 11 is 0. The summed E-state index contributed by atoms with van der Waals surface area (Å²) in [5, 5.41) is 1.22. The second kappa shape index (κ2) is 10.4. The Labute approximate surface area is 213 Å². The molecule has 2 aliphatic heterocycles. The van der Waals surface area contributed by atoms with Gasteiger partial charge >= 0.3 is 6.03 Å². The van der Waals surface area contributed by atoms with Crippen LogP contribution in [0.3, 0.4) is 0 Å². The molecule has 7 heteroatoms. The molecule has 7 nitrogen and oxygen atoms in total. The summed E-state index contributed by atoms with van der Waals surface area (Å²) < 4.78 is 0. The standard InChI is InChI=1S/C29H37N5O2/c1-31(2)16-8-17-33-27(35)29(34(28(33)36)18-13-23-9-4-3-5-10-23)14-19-32(20-15-29)22-25-21-24-11-6-7-12-26(24)30-25/h3-7,9-12,21,30H,8,13-20,22H2,1-2H3. The largest absolute Gasteiger partial charge is 0.357 e. The molecule has 1 spiro atoms. The lowest BCUT2D eigenvalue weighted by atomic mass is 9.85. The Morgan fingerprint density at radius 1 is 0.944 bits per heavy atom. The molecule has 36 heavy (non-hydrogen) atoms. The van der Waals surface area contributed by atoms with Gasteiger partial charge in [-0.1, -0.05) is 48.5 Å². The molecule has 2 aliphatic rings. The highest BCUT2D eigenvalue weighted by Gasteiger charge is 2.57. The highest BCUT2D eigenvalue weighted by molar-refractivity contribution is 6.07. The van der Waals surface area contributed by atoms with Gasteiger partial charge in [-0.25, -0.2) is 4.79 Å². The maximum absolute atomic E-state index is 13.8. The molecule has 1 aromatic heterocycles. The second-order valence-corrected chi connectivity index (χ2v) is 10.5. The number of H-pyrrole nitrogens is 1. The number of benzene rings is 2. The average molecular weight is 488 g/mol. The van der Waals surface area contributed by atoms with Crippen molar-refractivity contribution in [3.05, 3.63) is 71.9 Å². The predicted molar refractivity (Wildman–Crippen MR) is 143 cm³/mol. The van der Waals surface area contributed by atoms with E-state index in [0.717, 1.165) is 44.5 Å². The Balaban J connectivity index is 1.30. The first-order valence-corrected chi connectivity index (χ1v) is 13.1. The Hall–Kier alpha value is -3.16. The van der Waals surface area contributed by atoms with Crippen molar-refractivity contribution >= 4 is 22.8 Å². The van der Waals surface area contributed by atoms with Crippen LogP contribution in [0.15, 0.2) is 60.7 Å². The molecule has 3 aromatic rings. The second-order valence-electron chi connectivity index (χ2n) is 10.5. The molecule has 5 rings (SSSR count). The molecule has 0 saturated carbocycles. The quantitative estimate of drug-likeness (QED) is 0.464. The monoisotopic (exact) mass is 487 g/mol. The number of hydrogen-bond acceptors (Lipinski definition) is 4. The number of carbonyl (C=O) groups excluding carboxylic acids is 2. The van der Waals surface area contributed by atoms with E-state index < -0.39 is 5.54 Å². The maximum Gasteiger partial charge on any atom is 0.327 e. The third-order valence-corrected chi connectivity index (χ3v) is 7.74. The molecule has 2 saturated heterocycles. The summed E-state index contributed by atoms with van der Waals surface area (Å²) in [4.78, 5) is 38.8. The summed E-state index contributed by atoms with van der Waals surface area (Å²) in [6.45, 7) is 4.32. The SMILES string of the molecule is CN(C)CCCN1C(=O)N(CCc2ccccc2)C2(CCN(Cc3cc4ccccc4[nH]3)CC2)C1=O. The summed E-state index contributed by atoms with van der Waals surface area (Å²) in [6.07, 6.45) is 2.90. The number of hydrogen-bond donors (Lipinski definition) is 1. The number of likely N-dealkylation sites (tertiary alicyclic amines) is 1. The van der Waals surface area contributed by atoms with Gasteiger partial charge in [-0.15, -0.1) is 0 Å². The minimum atomic E-state index is -0.721. The molecule has 0 unspecified atom stereocenters. The summed E-state index contributed by atoms with van der Waals surface area (Å²) in [5.41, 5.74) is 2.81. The van der Waals surface area contributed by atoms with Crippen LogP contribution in [-0.4, -0.2) is 88.9 Å². The molecule has 3 amide bonds. The molecule has 1 N–H and O–H groups in total. The van der Waals surface area contributed by atoms with Gasteiger partial charge in [-0.2, -0.15) is 0 Å². The Bertz CT molecular complexity index is 1160. The van der Waals surface area contributed by atoms with E-state index in [2.05, 4.69) is 51.2 Å². The van der Waals surface area contributed by atoms with E-state index >= 15 is 0 Å². The van der Waals surface area contributed by atoms with E-state index in [0.29, 0.717) is 25.9 Å². The number of fused-ring (bicyclic) bond motifs is 1. The minimum absolute atomic E-state index is 0.00424. The van der Waals surface area contributed by atoms with Gasteiger partial charge in [0.15, 0.2) is 0 Å². The zero-order chi connectivity index (χ0) is 25.1. The Morgan fingerprint density at radius 3 is 2.39 bits per heavy atom. The van der Waals surface area contributed by atoms with Gasteiger partial charge < -0.3 is 14.8 Å². The molecule has 190 valence electrons. The fourth-order valence-electron chi connectivity index (χ4n) is 5.74. The Kier molecular flexibility index (Phi) is 7.12. The van der Waals surface area contributed by atoms with Crippen molar-refractivity contribution in [3.63, 3.8) is 0 Å². The molecule has 2 aromatic carbocycles. The van der Waals surface area contributed by atoms with Crippen molar-refractivity contribution in [1.82, 2.24) is 24.6 Å². The van der Waals surface area contributed by atoms with Crippen LogP contribution >= 0.6 is 0 Å². The van der Waals surface area contributed by atoms with E-state index in [-0.39, 0.29) is 11.9 Å². The van der Waals surface area contributed by atoms with Crippen LogP contribution < -0.4 is 0 Å². The van der Waals surface area contributed by atoms with E-state index in [9.17, 15) is 9.59 Å². The maximum atomic E-state index is 13.8. The van der Waals surface area contributed by atoms with Crippen LogP contribution in [0.4, 0.5) is 4.79 Å². The number of imide groups is 1. The highest BCUT2D eigenvalue weighted by atomic mass is 16.2. The zero-order valence-electron chi connectivity index (χ0n) is 21.4. The molecular weight excluding hydrogens is 450 g/mol. The number of para-hydroxylation sites is 1. The van der Waals surface area contributed by atoms with Crippen molar-refractivity contribution in [2.24, 2.45) is 0 Å². The van der Waals surface area contributed by atoms with Gasteiger partial charge in [0.2, 0.25) is 0 Å². The lowest BCUT2D eigenvalue weighted by Gasteiger charge is -2.42. The van der Waals surface area contributed by atoms with E-state index in [1.807, 2.05) is 43.3 Å². The van der Waals surface area contributed by atoms with Gasteiger partial charge in [0.25, 0.3) is 5.91 Å². The number of nitrogens with zero attached hydrogens (tertiary/aromatic N) is 4. The molecular formula is C29H37N5O2. The first-order chi connectivity index (χ1) is 17.5. The number of piperidine rings is 1. The number of nitrogens with one attached hydrogen (secondary N) is 1. The zero-order valence-corrected chi connectivity index (χ0v) is 21.4.